The zero-order valence-corrected chi connectivity index (χ0v) is 16.8. The normalized spacial score (nSPS) is 24.6. The molecule has 0 spiro atoms. The number of hydrogen-bond donors (Lipinski definition) is 1. The van der Waals surface area contributed by atoms with E-state index in [-0.39, 0.29) is 17.6 Å². The SMILES string of the molecule is NC(=O)CC1CCC(CCN2CCC(C(=O)c3ccccc3Cl)CC2)CC1. The van der Waals surface area contributed by atoms with Crippen molar-refractivity contribution in [2.45, 2.75) is 51.4 Å². The first-order valence-electron chi connectivity index (χ1n) is 10.3. The van der Waals surface area contributed by atoms with Gasteiger partial charge in [-0.15, -0.1) is 0 Å². The fourth-order valence-corrected chi connectivity index (χ4v) is 4.90. The number of primary amides is 1. The van der Waals surface area contributed by atoms with Crippen LogP contribution in [0, 0.1) is 17.8 Å². The lowest BCUT2D eigenvalue weighted by Crippen LogP contribution is -2.37. The van der Waals surface area contributed by atoms with Crippen LogP contribution in [0.2, 0.25) is 5.02 Å². The molecule has 2 aliphatic rings. The maximum atomic E-state index is 12.7. The van der Waals surface area contributed by atoms with Crippen LogP contribution in [-0.2, 0) is 4.79 Å². The van der Waals surface area contributed by atoms with Gasteiger partial charge in [0, 0.05) is 17.9 Å². The van der Waals surface area contributed by atoms with Crippen LogP contribution in [0.15, 0.2) is 24.3 Å². The highest BCUT2D eigenvalue weighted by atomic mass is 35.5. The van der Waals surface area contributed by atoms with Crippen molar-refractivity contribution < 1.29 is 9.59 Å². The van der Waals surface area contributed by atoms with Gasteiger partial charge in [-0.05, 0) is 75.7 Å². The molecule has 1 aromatic rings. The molecule has 0 atom stereocenters. The van der Waals surface area contributed by atoms with Gasteiger partial charge < -0.3 is 10.6 Å². The second-order valence-corrected chi connectivity index (χ2v) is 8.71. The summed E-state index contributed by atoms with van der Waals surface area (Å²) in [5, 5.41) is 0.567. The molecule has 1 aliphatic carbocycles. The van der Waals surface area contributed by atoms with E-state index in [1.165, 1.54) is 19.3 Å². The van der Waals surface area contributed by atoms with Crippen LogP contribution in [0.1, 0.15) is 61.7 Å². The van der Waals surface area contributed by atoms with Crippen LogP contribution >= 0.6 is 11.6 Å². The first-order chi connectivity index (χ1) is 13.0. The van der Waals surface area contributed by atoms with Crippen LogP contribution in [-0.4, -0.2) is 36.2 Å². The van der Waals surface area contributed by atoms with Gasteiger partial charge in [-0.25, -0.2) is 0 Å². The molecule has 3 rings (SSSR count). The zero-order chi connectivity index (χ0) is 19.2. The summed E-state index contributed by atoms with van der Waals surface area (Å²) in [6, 6.07) is 7.38. The molecule has 1 saturated heterocycles. The van der Waals surface area contributed by atoms with E-state index >= 15 is 0 Å². The molecule has 5 heteroatoms. The van der Waals surface area contributed by atoms with E-state index in [1.807, 2.05) is 18.2 Å². The number of ketones is 1. The molecule has 0 unspecified atom stereocenters. The van der Waals surface area contributed by atoms with Gasteiger partial charge in [-0.2, -0.15) is 0 Å². The number of hydrogen-bond acceptors (Lipinski definition) is 3. The minimum Gasteiger partial charge on any atom is -0.370 e. The van der Waals surface area contributed by atoms with Gasteiger partial charge in [-0.1, -0.05) is 36.6 Å². The molecule has 1 saturated carbocycles. The van der Waals surface area contributed by atoms with E-state index < -0.39 is 0 Å². The third kappa shape index (κ3) is 5.79. The summed E-state index contributed by atoms with van der Waals surface area (Å²) in [5.41, 5.74) is 5.99. The highest BCUT2D eigenvalue weighted by molar-refractivity contribution is 6.34. The maximum absolute atomic E-state index is 12.7. The van der Waals surface area contributed by atoms with E-state index in [0.29, 0.717) is 22.9 Å². The molecule has 148 valence electrons. The molecule has 1 amide bonds. The van der Waals surface area contributed by atoms with Crippen molar-refractivity contribution in [3.63, 3.8) is 0 Å². The maximum Gasteiger partial charge on any atom is 0.217 e. The number of carbonyl (C=O) groups is 2. The second kappa shape index (κ2) is 9.70. The van der Waals surface area contributed by atoms with Crippen LogP contribution in [0.4, 0.5) is 0 Å². The molecule has 0 bridgehead atoms. The third-order valence-electron chi connectivity index (χ3n) is 6.41. The molecule has 1 aromatic carbocycles. The Labute approximate surface area is 167 Å². The van der Waals surface area contributed by atoms with E-state index in [9.17, 15) is 9.59 Å². The van der Waals surface area contributed by atoms with Crippen molar-refractivity contribution in [1.29, 1.82) is 0 Å². The number of nitrogens with two attached hydrogens (primary N) is 1. The van der Waals surface area contributed by atoms with Crippen LogP contribution in [0.3, 0.4) is 0 Å². The summed E-state index contributed by atoms with van der Waals surface area (Å²) >= 11 is 6.18. The summed E-state index contributed by atoms with van der Waals surface area (Å²) in [7, 11) is 0. The Kier molecular flexibility index (Phi) is 7.31. The minimum absolute atomic E-state index is 0.102. The van der Waals surface area contributed by atoms with Crippen LogP contribution in [0.25, 0.3) is 0 Å². The number of Topliss-reactive ketones (excluding diaryl/α,β-unsaturated/α-hetero) is 1. The Morgan fingerprint density at radius 1 is 1.00 bits per heavy atom. The van der Waals surface area contributed by atoms with E-state index in [4.69, 9.17) is 17.3 Å². The topological polar surface area (TPSA) is 63.4 Å². The van der Waals surface area contributed by atoms with Crippen molar-refractivity contribution in [2.24, 2.45) is 23.5 Å². The highest BCUT2D eigenvalue weighted by Crippen LogP contribution is 2.33. The molecule has 1 heterocycles. The Balaban J connectivity index is 1.37. The van der Waals surface area contributed by atoms with Gasteiger partial charge in [0.05, 0.1) is 5.02 Å². The number of amides is 1. The van der Waals surface area contributed by atoms with Crippen molar-refractivity contribution in [2.75, 3.05) is 19.6 Å². The summed E-state index contributed by atoms with van der Waals surface area (Å²) in [6.07, 6.45) is 8.36. The molecule has 2 N–H and O–H groups in total. The summed E-state index contributed by atoms with van der Waals surface area (Å²) in [4.78, 5) is 26.3. The van der Waals surface area contributed by atoms with Crippen molar-refractivity contribution >= 4 is 23.3 Å². The van der Waals surface area contributed by atoms with Gasteiger partial charge in [-0.3, -0.25) is 9.59 Å². The number of likely N-dealkylation sites (tertiary alicyclic amines) is 1. The van der Waals surface area contributed by atoms with Gasteiger partial charge in [0.2, 0.25) is 5.91 Å². The summed E-state index contributed by atoms with van der Waals surface area (Å²) < 4.78 is 0. The second-order valence-electron chi connectivity index (χ2n) is 8.31. The lowest BCUT2D eigenvalue weighted by molar-refractivity contribution is -0.119. The van der Waals surface area contributed by atoms with Crippen molar-refractivity contribution in [1.82, 2.24) is 4.90 Å². The number of nitrogens with zero attached hydrogens (tertiary/aromatic N) is 1. The molecule has 0 aromatic heterocycles. The molecule has 1 aliphatic heterocycles. The van der Waals surface area contributed by atoms with E-state index in [2.05, 4.69) is 4.90 Å². The first-order valence-corrected chi connectivity index (χ1v) is 10.7. The average molecular weight is 391 g/mol. The lowest BCUT2D eigenvalue weighted by Gasteiger charge is -2.34. The van der Waals surface area contributed by atoms with Crippen molar-refractivity contribution in [3.8, 4) is 0 Å². The van der Waals surface area contributed by atoms with Crippen molar-refractivity contribution in [3.05, 3.63) is 34.9 Å². The largest absolute Gasteiger partial charge is 0.370 e. The number of rotatable bonds is 7. The zero-order valence-electron chi connectivity index (χ0n) is 16.0. The summed E-state index contributed by atoms with van der Waals surface area (Å²) in [6.45, 7) is 3.12. The number of carbonyl (C=O) groups excluding carboxylic acids is 2. The molecule has 2 fully saturated rings. The van der Waals surface area contributed by atoms with Gasteiger partial charge in [0.1, 0.15) is 0 Å². The molecule has 0 radical (unpaired) electrons. The lowest BCUT2D eigenvalue weighted by atomic mass is 9.79. The van der Waals surface area contributed by atoms with Gasteiger partial charge in [0.15, 0.2) is 5.78 Å². The fourth-order valence-electron chi connectivity index (χ4n) is 4.67. The van der Waals surface area contributed by atoms with E-state index in [0.717, 1.165) is 51.2 Å². The predicted molar refractivity (Wildman–Crippen MR) is 109 cm³/mol. The quantitative estimate of drug-likeness (QED) is 0.705. The monoisotopic (exact) mass is 390 g/mol. The fraction of sp³-hybridized carbons (Fsp3) is 0.636. The Morgan fingerprint density at radius 2 is 1.63 bits per heavy atom. The average Bonchev–Trinajstić information content (AvgIpc) is 2.67. The molecule has 4 nitrogen and oxygen atoms in total. The third-order valence-corrected chi connectivity index (χ3v) is 6.74. The molecular formula is C22H31ClN2O2. The van der Waals surface area contributed by atoms with Gasteiger partial charge in [0.25, 0.3) is 0 Å². The summed E-state index contributed by atoms with van der Waals surface area (Å²) in [5.74, 6) is 1.42. The predicted octanol–water partition coefficient (Wildman–Crippen LogP) is 4.31. The first kappa shape index (κ1) is 20.3. The Morgan fingerprint density at radius 3 is 2.26 bits per heavy atom. The van der Waals surface area contributed by atoms with Crippen LogP contribution in [0.5, 0.6) is 0 Å². The molecule has 27 heavy (non-hydrogen) atoms. The Hall–Kier alpha value is -1.39. The highest BCUT2D eigenvalue weighted by Gasteiger charge is 2.28. The minimum atomic E-state index is -0.160. The van der Waals surface area contributed by atoms with E-state index in [1.54, 1.807) is 6.07 Å². The van der Waals surface area contributed by atoms with Crippen LogP contribution < -0.4 is 5.73 Å². The smallest absolute Gasteiger partial charge is 0.217 e. The number of piperidine rings is 1. The standard InChI is InChI=1S/C22H31ClN2O2/c23-20-4-2-1-3-19(20)22(27)18-10-13-25(14-11-18)12-9-16-5-7-17(8-6-16)15-21(24)26/h1-4,16-18H,5-15H2,(H2,24,26). The number of halogens is 1. The Bertz CT molecular complexity index is 647. The molecular weight excluding hydrogens is 360 g/mol. The number of benzene rings is 1. The van der Waals surface area contributed by atoms with Gasteiger partial charge >= 0.3 is 0 Å².